The molecular formula is C17H19N3O2. The Balaban J connectivity index is 1.73. The molecule has 0 bridgehead atoms. The first kappa shape index (κ1) is 13.5. The molecular weight excluding hydrogens is 278 g/mol. The number of carbonyl (C=O) groups is 1. The molecule has 1 aliphatic carbocycles. The molecule has 1 amide bonds. The fraction of sp³-hybridized carbons (Fsp3) is 0.412. The van der Waals surface area contributed by atoms with Crippen molar-refractivity contribution in [1.82, 2.24) is 9.55 Å². The molecule has 4 rings (SSSR count). The second-order valence-corrected chi connectivity index (χ2v) is 6.46. The predicted octanol–water partition coefficient (Wildman–Crippen LogP) is 1.86. The molecule has 0 saturated heterocycles. The van der Waals surface area contributed by atoms with Crippen LogP contribution in [-0.4, -0.2) is 26.2 Å². The SMILES string of the molecule is NC(=O)[C@H]1CC[C@](O)([C@@H]2c3ccccc3-c3cncn32)CC1. The first-order chi connectivity index (χ1) is 10.6. The van der Waals surface area contributed by atoms with Crippen molar-refractivity contribution in [2.75, 3.05) is 0 Å². The van der Waals surface area contributed by atoms with E-state index in [2.05, 4.69) is 21.7 Å². The number of imidazole rings is 1. The number of aromatic nitrogens is 2. The van der Waals surface area contributed by atoms with E-state index < -0.39 is 5.60 Å². The van der Waals surface area contributed by atoms with Crippen LogP contribution in [0.15, 0.2) is 36.8 Å². The van der Waals surface area contributed by atoms with Gasteiger partial charge in [0.15, 0.2) is 0 Å². The number of hydrogen-bond donors (Lipinski definition) is 2. The minimum Gasteiger partial charge on any atom is -0.387 e. The van der Waals surface area contributed by atoms with Crippen LogP contribution in [0.1, 0.15) is 37.3 Å². The van der Waals surface area contributed by atoms with Crippen molar-refractivity contribution in [3.8, 4) is 11.3 Å². The van der Waals surface area contributed by atoms with Gasteiger partial charge in [-0.1, -0.05) is 24.3 Å². The number of nitrogens with zero attached hydrogens (tertiary/aromatic N) is 2. The summed E-state index contributed by atoms with van der Waals surface area (Å²) in [5.41, 5.74) is 7.88. The van der Waals surface area contributed by atoms with E-state index in [4.69, 9.17) is 5.73 Å². The van der Waals surface area contributed by atoms with Gasteiger partial charge in [0, 0.05) is 11.5 Å². The fourth-order valence-corrected chi connectivity index (χ4v) is 4.06. The van der Waals surface area contributed by atoms with E-state index in [1.807, 2.05) is 18.3 Å². The van der Waals surface area contributed by atoms with Gasteiger partial charge in [0.2, 0.25) is 5.91 Å². The van der Waals surface area contributed by atoms with Gasteiger partial charge >= 0.3 is 0 Å². The lowest BCUT2D eigenvalue weighted by Gasteiger charge is -2.40. The van der Waals surface area contributed by atoms with E-state index in [1.54, 1.807) is 6.33 Å². The Labute approximate surface area is 128 Å². The number of rotatable bonds is 2. The van der Waals surface area contributed by atoms with Crippen LogP contribution in [-0.2, 0) is 4.79 Å². The van der Waals surface area contributed by atoms with Crippen molar-refractivity contribution in [2.45, 2.75) is 37.3 Å². The zero-order chi connectivity index (χ0) is 15.3. The van der Waals surface area contributed by atoms with Crippen LogP contribution in [0.2, 0.25) is 0 Å². The molecule has 0 spiro atoms. The van der Waals surface area contributed by atoms with Gasteiger partial charge in [-0.3, -0.25) is 4.79 Å². The number of carbonyl (C=O) groups excluding carboxylic acids is 1. The standard InChI is InChI=1S/C17H19N3O2/c18-16(21)11-5-7-17(22,8-6-11)15-13-4-2-1-3-12(13)14-9-19-10-20(14)15/h1-4,9-11,15,22H,5-8H2,(H2,18,21)/t11-,15-,17+/m0/s1. The van der Waals surface area contributed by atoms with Crippen LogP contribution in [0.4, 0.5) is 0 Å². The lowest BCUT2D eigenvalue weighted by molar-refractivity contribution is -0.125. The summed E-state index contributed by atoms with van der Waals surface area (Å²) in [7, 11) is 0. The molecule has 0 radical (unpaired) electrons. The van der Waals surface area contributed by atoms with Crippen LogP contribution >= 0.6 is 0 Å². The van der Waals surface area contributed by atoms with Crippen LogP contribution < -0.4 is 5.73 Å². The van der Waals surface area contributed by atoms with Gasteiger partial charge in [-0.25, -0.2) is 4.98 Å². The van der Waals surface area contributed by atoms with Crippen LogP contribution in [0.3, 0.4) is 0 Å². The second-order valence-electron chi connectivity index (χ2n) is 6.46. The molecule has 5 nitrogen and oxygen atoms in total. The summed E-state index contributed by atoms with van der Waals surface area (Å²) in [6, 6.07) is 8.03. The predicted molar refractivity (Wildman–Crippen MR) is 81.9 cm³/mol. The number of aliphatic hydroxyl groups is 1. The first-order valence-electron chi connectivity index (χ1n) is 7.73. The maximum Gasteiger partial charge on any atom is 0.220 e. The quantitative estimate of drug-likeness (QED) is 0.887. The molecule has 1 saturated carbocycles. The molecule has 5 heteroatoms. The minimum absolute atomic E-state index is 0.112. The van der Waals surface area contributed by atoms with Gasteiger partial charge in [0.1, 0.15) is 0 Å². The zero-order valence-electron chi connectivity index (χ0n) is 12.3. The van der Waals surface area contributed by atoms with E-state index in [9.17, 15) is 9.90 Å². The van der Waals surface area contributed by atoms with Gasteiger partial charge < -0.3 is 15.4 Å². The molecule has 1 aromatic carbocycles. The maximum atomic E-state index is 11.4. The molecule has 1 atom stereocenters. The highest BCUT2D eigenvalue weighted by molar-refractivity contribution is 5.76. The summed E-state index contributed by atoms with van der Waals surface area (Å²) < 4.78 is 2.06. The van der Waals surface area contributed by atoms with Gasteiger partial charge in [0.05, 0.1) is 29.9 Å². The van der Waals surface area contributed by atoms with E-state index in [0.717, 1.165) is 16.8 Å². The molecule has 1 fully saturated rings. The lowest BCUT2D eigenvalue weighted by Crippen LogP contribution is -2.44. The zero-order valence-corrected chi connectivity index (χ0v) is 12.3. The Morgan fingerprint density at radius 1 is 1.32 bits per heavy atom. The normalized spacial score (nSPS) is 29.9. The molecule has 114 valence electrons. The van der Waals surface area contributed by atoms with Crippen LogP contribution in [0.5, 0.6) is 0 Å². The minimum atomic E-state index is -0.853. The van der Waals surface area contributed by atoms with E-state index >= 15 is 0 Å². The number of fused-ring (bicyclic) bond motifs is 3. The van der Waals surface area contributed by atoms with Crippen molar-refractivity contribution >= 4 is 5.91 Å². The van der Waals surface area contributed by atoms with Gasteiger partial charge in [-0.15, -0.1) is 0 Å². The third-order valence-corrected chi connectivity index (χ3v) is 5.24. The van der Waals surface area contributed by atoms with Gasteiger partial charge in [0.25, 0.3) is 0 Å². The fourth-order valence-electron chi connectivity index (χ4n) is 4.06. The number of benzene rings is 1. The summed E-state index contributed by atoms with van der Waals surface area (Å²) in [6.45, 7) is 0. The van der Waals surface area contributed by atoms with Crippen molar-refractivity contribution < 1.29 is 9.90 Å². The van der Waals surface area contributed by atoms with Crippen molar-refractivity contribution in [2.24, 2.45) is 11.7 Å². The Bertz CT molecular complexity index is 729. The van der Waals surface area contributed by atoms with Crippen LogP contribution in [0.25, 0.3) is 11.3 Å². The number of primary amides is 1. The van der Waals surface area contributed by atoms with Gasteiger partial charge in [-0.05, 0) is 31.2 Å². The highest BCUT2D eigenvalue weighted by Gasteiger charge is 2.46. The molecule has 3 N–H and O–H groups in total. The molecule has 22 heavy (non-hydrogen) atoms. The number of amides is 1. The highest BCUT2D eigenvalue weighted by atomic mass is 16.3. The van der Waals surface area contributed by atoms with Crippen molar-refractivity contribution in [3.63, 3.8) is 0 Å². The molecule has 2 aliphatic rings. The van der Waals surface area contributed by atoms with Crippen molar-refractivity contribution in [1.29, 1.82) is 0 Å². The Kier molecular flexibility index (Phi) is 2.87. The Morgan fingerprint density at radius 3 is 2.77 bits per heavy atom. The summed E-state index contributed by atoms with van der Waals surface area (Å²) in [4.78, 5) is 15.6. The number of nitrogens with two attached hydrogens (primary N) is 1. The third kappa shape index (κ3) is 1.82. The largest absolute Gasteiger partial charge is 0.387 e. The molecule has 2 aromatic rings. The van der Waals surface area contributed by atoms with E-state index in [0.29, 0.717) is 25.7 Å². The maximum absolute atomic E-state index is 11.4. The summed E-state index contributed by atoms with van der Waals surface area (Å²) in [6.07, 6.45) is 6.09. The second kappa shape index (κ2) is 4.68. The number of hydrogen-bond acceptors (Lipinski definition) is 3. The molecule has 1 aromatic heterocycles. The van der Waals surface area contributed by atoms with E-state index in [1.165, 1.54) is 0 Å². The summed E-state index contributed by atoms with van der Waals surface area (Å²) >= 11 is 0. The molecule has 1 aliphatic heterocycles. The Morgan fingerprint density at radius 2 is 2.05 bits per heavy atom. The average molecular weight is 297 g/mol. The first-order valence-corrected chi connectivity index (χ1v) is 7.73. The monoisotopic (exact) mass is 297 g/mol. The lowest BCUT2D eigenvalue weighted by atomic mass is 9.73. The van der Waals surface area contributed by atoms with Gasteiger partial charge in [-0.2, -0.15) is 0 Å². The van der Waals surface area contributed by atoms with Crippen LogP contribution in [0, 0.1) is 5.92 Å². The smallest absolute Gasteiger partial charge is 0.220 e. The molecule has 0 unspecified atom stereocenters. The van der Waals surface area contributed by atoms with E-state index in [-0.39, 0.29) is 17.9 Å². The summed E-state index contributed by atoms with van der Waals surface area (Å²) in [5, 5.41) is 11.3. The molecule has 2 heterocycles. The summed E-state index contributed by atoms with van der Waals surface area (Å²) in [5.74, 6) is -0.364. The van der Waals surface area contributed by atoms with Crippen molar-refractivity contribution in [3.05, 3.63) is 42.4 Å². The highest BCUT2D eigenvalue weighted by Crippen LogP contribution is 2.49. The third-order valence-electron chi connectivity index (χ3n) is 5.24. The topological polar surface area (TPSA) is 81.1 Å². The Hall–Kier alpha value is -2.14. The average Bonchev–Trinajstić information content (AvgIpc) is 3.07.